The van der Waals surface area contributed by atoms with Crippen LogP contribution in [0.5, 0.6) is 0 Å². The Morgan fingerprint density at radius 1 is 1.50 bits per heavy atom. The van der Waals surface area contributed by atoms with Crippen LogP contribution in [-0.2, 0) is 18.7 Å². The summed E-state index contributed by atoms with van der Waals surface area (Å²) >= 11 is 0. The fourth-order valence-corrected chi connectivity index (χ4v) is 0.990. The molecule has 1 saturated heterocycles. The van der Waals surface area contributed by atoms with Crippen molar-refractivity contribution in [3.05, 3.63) is 0 Å². The van der Waals surface area contributed by atoms with Gasteiger partial charge in [-0.2, -0.15) is 0 Å². The number of hydrogen-bond donors (Lipinski definition) is 0. The molecule has 1 atom stereocenters. The lowest BCUT2D eigenvalue weighted by Gasteiger charge is -2.01. The Morgan fingerprint density at radius 3 is 2.25 bits per heavy atom. The average Bonchev–Trinajstić information content (AvgIpc) is 1.82. The van der Waals surface area contributed by atoms with Gasteiger partial charge in [0.2, 0.25) is 0 Å². The summed E-state index contributed by atoms with van der Waals surface area (Å²) in [7, 11) is -2.03. The first kappa shape index (κ1) is 6.11. The van der Waals surface area contributed by atoms with Gasteiger partial charge in [-0.05, 0) is 13.8 Å². The summed E-state index contributed by atoms with van der Waals surface area (Å²) in [5.41, 5.74) is 0. The third kappa shape index (κ3) is 1.23. The first-order valence-corrected chi connectivity index (χ1v) is 3.22. The van der Waals surface area contributed by atoms with Gasteiger partial charge < -0.3 is 0 Å². The molecule has 1 fully saturated rings. The van der Waals surface area contributed by atoms with E-state index in [-0.39, 0.29) is 0 Å². The molecular formula is C3H6O4P+. The Balaban J connectivity index is 2.56. The highest BCUT2D eigenvalue weighted by Crippen LogP contribution is 2.40. The zero-order valence-electron chi connectivity index (χ0n) is 4.58. The summed E-state index contributed by atoms with van der Waals surface area (Å²) < 4.78 is 19.0. The van der Waals surface area contributed by atoms with Gasteiger partial charge in [-0.1, -0.05) is 4.52 Å². The van der Waals surface area contributed by atoms with Crippen molar-refractivity contribution in [2.24, 2.45) is 0 Å². The van der Waals surface area contributed by atoms with Crippen molar-refractivity contribution in [3.8, 4) is 0 Å². The van der Waals surface area contributed by atoms with E-state index in [1.54, 1.807) is 13.8 Å². The van der Waals surface area contributed by atoms with Crippen molar-refractivity contribution in [2.45, 2.75) is 19.6 Å². The predicted molar refractivity (Wildman–Crippen MR) is 24.9 cm³/mol. The Morgan fingerprint density at radius 2 is 2.12 bits per heavy atom. The van der Waals surface area contributed by atoms with Crippen LogP contribution < -0.4 is 0 Å². The summed E-state index contributed by atoms with van der Waals surface area (Å²) in [6, 6.07) is 0. The molecule has 0 N–H and O–H groups in total. The number of hydrogen-bond acceptors (Lipinski definition) is 4. The lowest BCUT2D eigenvalue weighted by molar-refractivity contribution is -0.289. The molecule has 1 aliphatic heterocycles. The lowest BCUT2D eigenvalue weighted by atomic mass is 10.4. The maximum Gasteiger partial charge on any atom is 0.731 e. The monoisotopic (exact) mass is 137 g/mol. The Hall–Kier alpha value is -0.0200. The molecule has 1 aliphatic rings. The quantitative estimate of drug-likeness (QED) is 0.373. The molecule has 1 rings (SSSR count). The molecule has 0 aromatic heterocycles. The van der Waals surface area contributed by atoms with E-state index in [1.165, 1.54) is 0 Å². The van der Waals surface area contributed by atoms with Gasteiger partial charge in [0.15, 0.2) is 0 Å². The maximum absolute atomic E-state index is 10.2. The molecule has 0 aromatic carbocycles. The zero-order valence-corrected chi connectivity index (χ0v) is 5.47. The van der Waals surface area contributed by atoms with E-state index in [0.29, 0.717) is 0 Å². The summed E-state index contributed by atoms with van der Waals surface area (Å²) in [4.78, 5) is 4.45. The highest BCUT2D eigenvalue weighted by molar-refractivity contribution is 7.33. The summed E-state index contributed by atoms with van der Waals surface area (Å²) in [6.45, 7) is 3.24. The number of rotatable bonds is 0. The third-order valence-corrected chi connectivity index (χ3v) is 1.38. The van der Waals surface area contributed by atoms with Gasteiger partial charge in [-0.15, -0.1) is 4.89 Å². The molecule has 1 unspecified atom stereocenters. The lowest BCUT2D eigenvalue weighted by Crippen LogP contribution is -2.17. The minimum atomic E-state index is -2.03. The van der Waals surface area contributed by atoms with Crippen LogP contribution >= 0.6 is 8.25 Å². The summed E-state index contributed by atoms with van der Waals surface area (Å²) in [5, 5.41) is 0. The highest BCUT2D eigenvalue weighted by Gasteiger charge is 2.46. The predicted octanol–water partition coefficient (Wildman–Crippen LogP) is 1.36. The van der Waals surface area contributed by atoms with Crippen LogP contribution in [-0.4, -0.2) is 5.79 Å². The average molecular weight is 137 g/mol. The molecule has 1 heterocycles. The van der Waals surface area contributed by atoms with Crippen molar-refractivity contribution >= 4 is 8.25 Å². The Labute approximate surface area is 47.6 Å². The SMILES string of the molecule is CC1(C)OO[P+](=O)O1. The van der Waals surface area contributed by atoms with Gasteiger partial charge in [-0.3, -0.25) is 0 Å². The van der Waals surface area contributed by atoms with Gasteiger partial charge in [-0.25, -0.2) is 0 Å². The van der Waals surface area contributed by atoms with E-state index >= 15 is 0 Å². The van der Waals surface area contributed by atoms with E-state index < -0.39 is 14.0 Å². The normalized spacial score (nSPS) is 31.0. The largest absolute Gasteiger partial charge is 0.731 e. The summed E-state index contributed by atoms with van der Waals surface area (Å²) in [5.74, 6) is -0.840. The van der Waals surface area contributed by atoms with Crippen LogP contribution in [0.25, 0.3) is 0 Å². The smallest absolute Gasteiger partial charge is 0.147 e. The fraction of sp³-hybridized carbons (Fsp3) is 1.00. The molecule has 0 aromatic rings. The van der Waals surface area contributed by atoms with E-state index in [9.17, 15) is 4.57 Å². The van der Waals surface area contributed by atoms with Gasteiger partial charge >= 0.3 is 8.25 Å². The van der Waals surface area contributed by atoms with E-state index in [0.717, 1.165) is 0 Å². The van der Waals surface area contributed by atoms with Crippen LogP contribution in [0, 0.1) is 0 Å². The molecule has 0 spiro atoms. The third-order valence-electron chi connectivity index (χ3n) is 0.593. The molecule has 8 heavy (non-hydrogen) atoms. The second kappa shape index (κ2) is 1.74. The van der Waals surface area contributed by atoms with E-state index in [4.69, 9.17) is 0 Å². The topological polar surface area (TPSA) is 44.8 Å². The van der Waals surface area contributed by atoms with Gasteiger partial charge in [0.1, 0.15) is 0 Å². The van der Waals surface area contributed by atoms with Crippen molar-refractivity contribution in [1.29, 1.82) is 0 Å². The van der Waals surface area contributed by atoms with E-state index in [1.807, 2.05) is 0 Å². The molecule has 0 aliphatic carbocycles. The van der Waals surface area contributed by atoms with Gasteiger partial charge in [0, 0.05) is 4.57 Å². The molecule has 0 bridgehead atoms. The van der Waals surface area contributed by atoms with Crippen molar-refractivity contribution in [2.75, 3.05) is 0 Å². The molecule has 0 amide bonds. The minimum absolute atomic E-state index is 0.840. The molecule has 0 saturated carbocycles. The van der Waals surface area contributed by atoms with Gasteiger partial charge in [0.05, 0.1) is 4.67 Å². The first-order valence-electron chi connectivity index (χ1n) is 2.12. The molecular weight excluding hydrogens is 131 g/mol. The molecule has 5 heteroatoms. The van der Waals surface area contributed by atoms with Crippen LogP contribution in [0.15, 0.2) is 0 Å². The van der Waals surface area contributed by atoms with Crippen LogP contribution in [0.4, 0.5) is 0 Å². The van der Waals surface area contributed by atoms with Crippen LogP contribution in [0.1, 0.15) is 13.8 Å². The molecule has 0 radical (unpaired) electrons. The standard InChI is InChI=1S/C3H6O4P/c1-3(2)5-7-8(4)6-3/h1-2H3/q+1. The van der Waals surface area contributed by atoms with Crippen molar-refractivity contribution in [1.82, 2.24) is 0 Å². The Kier molecular flexibility index (Phi) is 1.33. The minimum Gasteiger partial charge on any atom is -0.147 e. The Bertz CT molecular complexity index is 120. The van der Waals surface area contributed by atoms with Crippen molar-refractivity contribution in [3.63, 3.8) is 0 Å². The molecule has 4 nitrogen and oxygen atoms in total. The van der Waals surface area contributed by atoms with E-state index in [2.05, 4.69) is 14.1 Å². The highest BCUT2D eigenvalue weighted by atomic mass is 31.1. The van der Waals surface area contributed by atoms with Crippen molar-refractivity contribution < 1.29 is 18.7 Å². The zero-order chi connectivity index (χ0) is 6.20. The first-order chi connectivity index (χ1) is 3.60. The van der Waals surface area contributed by atoms with Gasteiger partial charge in [0.25, 0.3) is 5.79 Å². The molecule has 46 valence electrons. The second-order valence-electron chi connectivity index (χ2n) is 1.87. The van der Waals surface area contributed by atoms with Crippen LogP contribution in [0.2, 0.25) is 0 Å². The summed E-state index contributed by atoms with van der Waals surface area (Å²) in [6.07, 6.45) is 0. The second-order valence-corrected chi connectivity index (χ2v) is 2.65. The maximum atomic E-state index is 10.2. The fourth-order valence-electron chi connectivity index (χ4n) is 0.330. The van der Waals surface area contributed by atoms with Crippen LogP contribution in [0.3, 0.4) is 0 Å².